The summed E-state index contributed by atoms with van der Waals surface area (Å²) in [5.74, 6) is 0.374. The number of rotatable bonds is 4. The van der Waals surface area contributed by atoms with Crippen molar-refractivity contribution >= 4 is 11.8 Å². The molecule has 7 nitrogen and oxygen atoms in total. The van der Waals surface area contributed by atoms with E-state index in [9.17, 15) is 9.59 Å². The van der Waals surface area contributed by atoms with E-state index in [1.54, 1.807) is 6.07 Å². The van der Waals surface area contributed by atoms with Gasteiger partial charge in [0.05, 0.1) is 11.6 Å². The van der Waals surface area contributed by atoms with Crippen LogP contribution in [0.5, 0.6) is 0 Å². The summed E-state index contributed by atoms with van der Waals surface area (Å²) < 4.78 is 2.17. The molecule has 0 spiro atoms. The number of imidazole rings is 1. The van der Waals surface area contributed by atoms with Crippen LogP contribution in [0.15, 0.2) is 30.7 Å². The summed E-state index contributed by atoms with van der Waals surface area (Å²) in [5.41, 5.74) is 5.83. The third kappa shape index (κ3) is 3.15. The number of amides is 2. The molecule has 0 radical (unpaired) electrons. The van der Waals surface area contributed by atoms with E-state index in [2.05, 4.69) is 21.5 Å². The second kappa shape index (κ2) is 6.82. The number of nitrogens with two attached hydrogens (primary N) is 1. The van der Waals surface area contributed by atoms with Gasteiger partial charge in [0.1, 0.15) is 11.5 Å². The fourth-order valence-corrected chi connectivity index (χ4v) is 3.14. The number of hydrogen-bond acceptors (Lipinski definition) is 4. The fourth-order valence-electron chi connectivity index (χ4n) is 3.14. The number of carbonyl (C=O) groups excluding carboxylic acids is 2. The van der Waals surface area contributed by atoms with Crippen molar-refractivity contribution in [2.24, 2.45) is 5.73 Å². The first-order valence-corrected chi connectivity index (χ1v) is 8.17. The zero-order valence-corrected chi connectivity index (χ0v) is 13.7. The summed E-state index contributed by atoms with van der Waals surface area (Å²) in [5, 5.41) is 0. The topological polar surface area (TPSA) is 94.1 Å². The monoisotopic (exact) mass is 327 g/mol. The number of carbonyl (C=O) groups is 2. The van der Waals surface area contributed by atoms with Crippen LogP contribution in [0.3, 0.4) is 0 Å². The van der Waals surface area contributed by atoms with Gasteiger partial charge in [-0.15, -0.1) is 0 Å². The lowest BCUT2D eigenvalue weighted by molar-refractivity contribution is 0.0671. The zero-order chi connectivity index (χ0) is 17.1. The minimum absolute atomic E-state index is 0.117. The van der Waals surface area contributed by atoms with Gasteiger partial charge in [-0.3, -0.25) is 14.6 Å². The molecule has 0 aromatic carbocycles. The van der Waals surface area contributed by atoms with Crippen LogP contribution >= 0.6 is 0 Å². The lowest BCUT2D eigenvalue weighted by Gasteiger charge is -2.34. The van der Waals surface area contributed by atoms with Gasteiger partial charge in [0.15, 0.2) is 0 Å². The number of likely N-dealkylation sites (tertiary alicyclic amines) is 1. The Balaban J connectivity index is 1.74. The van der Waals surface area contributed by atoms with E-state index in [1.165, 1.54) is 12.3 Å². The van der Waals surface area contributed by atoms with Crippen molar-refractivity contribution in [3.05, 3.63) is 47.8 Å². The standard InChI is InChI=1S/C17H21N5O2/c1-2-15-19-7-9-22(15)13-4-3-8-21(11-13)17(24)14-6-5-12(10-20-14)16(18)23/h5-7,9-10,13H,2-4,8,11H2,1H3,(H2,18,23)/t13-/m1/s1. The van der Waals surface area contributed by atoms with Crippen molar-refractivity contribution in [3.63, 3.8) is 0 Å². The van der Waals surface area contributed by atoms with Crippen LogP contribution < -0.4 is 5.73 Å². The van der Waals surface area contributed by atoms with Gasteiger partial charge in [-0.25, -0.2) is 4.98 Å². The largest absolute Gasteiger partial charge is 0.366 e. The molecule has 2 N–H and O–H groups in total. The first kappa shape index (κ1) is 16.2. The Labute approximate surface area is 140 Å². The van der Waals surface area contributed by atoms with Crippen molar-refractivity contribution in [1.82, 2.24) is 19.4 Å². The number of aryl methyl sites for hydroxylation is 1. The lowest BCUT2D eigenvalue weighted by Crippen LogP contribution is -2.41. The smallest absolute Gasteiger partial charge is 0.272 e. The molecule has 1 saturated heterocycles. The number of primary amides is 1. The third-order valence-electron chi connectivity index (χ3n) is 4.41. The molecule has 7 heteroatoms. The maximum Gasteiger partial charge on any atom is 0.272 e. The van der Waals surface area contributed by atoms with E-state index in [1.807, 2.05) is 17.3 Å². The van der Waals surface area contributed by atoms with Crippen molar-refractivity contribution in [2.45, 2.75) is 32.2 Å². The van der Waals surface area contributed by atoms with Crippen molar-refractivity contribution in [2.75, 3.05) is 13.1 Å². The molecule has 2 aromatic rings. The Morgan fingerprint density at radius 3 is 2.83 bits per heavy atom. The molecule has 0 bridgehead atoms. The number of pyridine rings is 1. The predicted octanol–water partition coefficient (Wildman–Crippen LogP) is 1.42. The average molecular weight is 327 g/mol. The molecule has 0 saturated carbocycles. The first-order chi connectivity index (χ1) is 11.6. The SMILES string of the molecule is CCc1nccn1[C@@H]1CCCN(C(=O)c2ccc(C(N)=O)cn2)C1. The van der Waals surface area contributed by atoms with E-state index in [4.69, 9.17) is 5.73 Å². The zero-order valence-electron chi connectivity index (χ0n) is 13.7. The molecule has 0 unspecified atom stereocenters. The maximum atomic E-state index is 12.7. The number of nitrogens with zero attached hydrogens (tertiary/aromatic N) is 4. The van der Waals surface area contributed by atoms with Gasteiger partial charge < -0.3 is 15.2 Å². The van der Waals surface area contributed by atoms with Crippen LogP contribution in [0.1, 0.15) is 52.5 Å². The van der Waals surface area contributed by atoms with Crippen LogP contribution in [0, 0.1) is 0 Å². The van der Waals surface area contributed by atoms with E-state index < -0.39 is 5.91 Å². The molecule has 2 aromatic heterocycles. The van der Waals surface area contributed by atoms with Gasteiger partial charge in [-0.2, -0.15) is 0 Å². The van der Waals surface area contributed by atoms with Gasteiger partial charge in [-0.05, 0) is 25.0 Å². The highest BCUT2D eigenvalue weighted by atomic mass is 16.2. The van der Waals surface area contributed by atoms with Crippen molar-refractivity contribution in [1.29, 1.82) is 0 Å². The molecule has 24 heavy (non-hydrogen) atoms. The normalized spacial score (nSPS) is 17.7. The van der Waals surface area contributed by atoms with Crippen molar-refractivity contribution in [3.8, 4) is 0 Å². The minimum atomic E-state index is -0.549. The molecule has 1 aliphatic heterocycles. The summed E-state index contributed by atoms with van der Waals surface area (Å²) in [6.45, 7) is 3.43. The van der Waals surface area contributed by atoms with Crippen LogP contribution in [0.25, 0.3) is 0 Å². The van der Waals surface area contributed by atoms with E-state index in [-0.39, 0.29) is 11.9 Å². The molecular formula is C17H21N5O2. The highest BCUT2D eigenvalue weighted by Crippen LogP contribution is 2.24. The van der Waals surface area contributed by atoms with Crippen LogP contribution in [-0.4, -0.2) is 44.3 Å². The highest BCUT2D eigenvalue weighted by Gasteiger charge is 2.27. The Kier molecular flexibility index (Phi) is 4.59. The average Bonchev–Trinajstić information content (AvgIpc) is 3.10. The molecule has 0 aliphatic carbocycles. The predicted molar refractivity (Wildman–Crippen MR) is 88.5 cm³/mol. The summed E-state index contributed by atoms with van der Waals surface area (Å²) in [7, 11) is 0. The molecule has 1 atom stereocenters. The van der Waals surface area contributed by atoms with Crippen LogP contribution in [0.2, 0.25) is 0 Å². The van der Waals surface area contributed by atoms with Gasteiger partial charge in [-0.1, -0.05) is 6.92 Å². The second-order valence-corrected chi connectivity index (χ2v) is 5.95. The molecule has 1 aliphatic rings. The van der Waals surface area contributed by atoms with Crippen LogP contribution in [0.4, 0.5) is 0 Å². The van der Waals surface area contributed by atoms with Gasteiger partial charge in [0.2, 0.25) is 5.91 Å². The van der Waals surface area contributed by atoms with Gasteiger partial charge in [0.25, 0.3) is 5.91 Å². The Hall–Kier alpha value is -2.70. The van der Waals surface area contributed by atoms with Crippen LogP contribution in [-0.2, 0) is 6.42 Å². The number of aromatic nitrogens is 3. The maximum absolute atomic E-state index is 12.7. The second-order valence-electron chi connectivity index (χ2n) is 5.95. The Morgan fingerprint density at radius 2 is 2.17 bits per heavy atom. The summed E-state index contributed by atoms with van der Waals surface area (Å²) in [6.07, 6.45) is 7.98. The first-order valence-electron chi connectivity index (χ1n) is 8.17. The Bertz CT molecular complexity index is 738. The number of piperidine rings is 1. The summed E-state index contributed by atoms with van der Waals surface area (Å²) in [4.78, 5) is 34.0. The molecule has 126 valence electrons. The quantitative estimate of drug-likeness (QED) is 0.919. The molecule has 3 rings (SSSR count). The summed E-state index contributed by atoms with van der Waals surface area (Å²) in [6, 6.07) is 3.33. The van der Waals surface area contributed by atoms with E-state index in [0.29, 0.717) is 24.3 Å². The lowest BCUT2D eigenvalue weighted by atomic mass is 10.0. The van der Waals surface area contributed by atoms with Gasteiger partial charge >= 0.3 is 0 Å². The minimum Gasteiger partial charge on any atom is -0.366 e. The molecular weight excluding hydrogens is 306 g/mol. The molecule has 3 heterocycles. The summed E-state index contributed by atoms with van der Waals surface area (Å²) >= 11 is 0. The Morgan fingerprint density at radius 1 is 1.33 bits per heavy atom. The third-order valence-corrected chi connectivity index (χ3v) is 4.41. The molecule has 1 fully saturated rings. The van der Waals surface area contributed by atoms with Gasteiger partial charge in [0, 0.05) is 38.1 Å². The highest BCUT2D eigenvalue weighted by molar-refractivity contribution is 5.95. The molecule has 2 amide bonds. The van der Waals surface area contributed by atoms with E-state index >= 15 is 0 Å². The number of hydrogen-bond donors (Lipinski definition) is 1. The fraction of sp³-hybridized carbons (Fsp3) is 0.412. The van der Waals surface area contributed by atoms with E-state index in [0.717, 1.165) is 25.1 Å². The van der Waals surface area contributed by atoms with Crippen molar-refractivity contribution < 1.29 is 9.59 Å².